The number of hydrogen-bond donors (Lipinski definition) is 1. The standard InChI is InChI=1S/C17H22O3/c1-16(2,18)13-9-14-15(13)12-6-4-3-5-11(12)10-17(14)19-7-8-20-17/h3-6,13-15,18H,7-10H2,1-2H3/t13-,14-,15+/m0/s1. The van der Waals surface area contributed by atoms with Crippen LogP contribution in [0.25, 0.3) is 0 Å². The molecule has 0 amide bonds. The van der Waals surface area contributed by atoms with Gasteiger partial charge in [-0.25, -0.2) is 0 Å². The number of benzene rings is 1. The summed E-state index contributed by atoms with van der Waals surface area (Å²) < 4.78 is 12.1. The Labute approximate surface area is 119 Å². The first-order valence-corrected chi connectivity index (χ1v) is 7.59. The lowest BCUT2D eigenvalue weighted by Gasteiger charge is -2.58. The Balaban J connectivity index is 1.78. The van der Waals surface area contributed by atoms with E-state index >= 15 is 0 Å². The first kappa shape index (κ1) is 12.8. The molecule has 0 radical (unpaired) electrons. The quantitative estimate of drug-likeness (QED) is 0.855. The Morgan fingerprint density at radius 3 is 2.60 bits per heavy atom. The number of fused-ring (bicyclic) bond motifs is 4. The average molecular weight is 274 g/mol. The first-order valence-electron chi connectivity index (χ1n) is 7.59. The summed E-state index contributed by atoms with van der Waals surface area (Å²) in [4.78, 5) is 0. The minimum absolute atomic E-state index is 0.290. The van der Waals surface area contributed by atoms with E-state index in [-0.39, 0.29) is 0 Å². The van der Waals surface area contributed by atoms with E-state index in [4.69, 9.17) is 9.47 Å². The van der Waals surface area contributed by atoms with Crippen molar-refractivity contribution < 1.29 is 14.6 Å². The molecule has 0 bridgehead atoms. The summed E-state index contributed by atoms with van der Waals surface area (Å²) in [5, 5.41) is 10.5. The molecule has 3 heteroatoms. The summed E-state index contributed by atoms with van der Waals surface area (Å²) in [5.74, 6) is 0.605. The van der Waals surface area contributed by atoms with Gasteiger partial charge in [-0.05, 0) is 43.2 Å². The molecule has 0 unspecified atom stereocenters. The van der Waals surface area contributed by atoms with Crippen LogP contribution in [0.3, 0.4) is 0 Å². The fraction of sp³-hybridized carbons (Fsp3) is 0.647. The van der Waals surface area contributed by atoms with Gasteiger partial charge >= 0.3 is 0 Å². The van der Waals surface area contributed by atoms with E-state index in [1.54, 1.807) is 0 Å². The van der Waals surface area contributed by atoms with Gasteiger partial charge in [-0.2, -0.15) is 0 Å². The van der Waals surface area contributed by atoms with Gasteiger partial charge in [-0.15, -0.1) is 0 Å². The van der Waals surface area contributed by atoms with Crippen molar-refractivity contribution in [2.24, 2.45) is 11.8 Å². The van der Waals surface area contributed by atoms with Gasteiger partial charge in [0.25, 0.3) is 0 Å². The van der Waals surface area contributed by atoms with Gasteiger partial charge in [-0.1, -0.05) is 24.3 Å². The van der Waals surface area contributed by atoms with Crippen molar-refractivity contribution in [3.05, 3.63) is 35.4 Å². The molecule has 1 aromatic rings. The SMILES string of the molecule is CC(C)(O)[C@H]1C[C@H]2[C@@H]1c1ccccc1CC21OCCO1. The molecule has 2 fully saturated rings. The summed E-state index contributed by atoms with van der Waals surface area (Å²) in [6, 6.07) is 8.58. The molecule has 1 N–H and O–H groups in total. The highest BCUT2D eigenvalue weighted by molar-refractivity contribution is 5.39. The van der Waals surface area contributed by atoms with Gasteiger partial charge in [0.15, 0.2) is 5.79 Å². The van der Waals surface area contributed by atoms with Crippen molar-refractivity contribution in [3.63, 3.8) is 0 Å². The van der Waals surface area contributed by atoms with Crippen LogP contribution in [0.5, 0.6) is 0 Å². The van der Waals surface area contributed by atoms with Crippen molar-refractivity contribution in [1.29, 1.82) is 0 Å². The van der Waals surface area contributed by atoms with Crippen molar-refractivity contribution in [1.82, 2.24) is 0 Å². The monoisotopic (exact) mass is 274 g/mol. The topological polar surface area (TPSA) is 38.7 Å². The second-order valence-corrected chi connectivity index (χ2v) is 7.01. The molecule has 1 aromatic carbocycles. The summed E-state index contributed by atoms with van der Waals surface area (Å²) in [6.07, 6.45) is 1.84. The van der Waals surface area contributed by atoms with Crippen molar-refractivity contribution >= 4 is 0 Å². The molecular weight excluding hydrogens is 252 g/mol. The molecule has 2 aliphatic carbocycles. The first-order chi connectivity index (χ1) is 9.51. The minimum atomic E-state index is -0.647. The zero-order valence-electron chi connectivity index (χ0n) is 12.1. The van der Waals surface area contributed by atoms with E-state index < -0.39 is 11.4 Å². The number of rotatable bonds is 1. The van der Waals surface area contributed by atoms with Gasteiger partial charge in [0.05, 0.1) is 18.8 Å². The lowest BCUT2D eigenvalue weighted by atomic mass is 9.51. The van der Waals surface area contributed by atoms with Crippen LogP contribution in [0.15, 0.2) is 24.3 Å². The Morgan fingerprint density at radius 1 is 1.20 bits per heavy atom. The average Bonchev–Trinajstić information content (AvgIpc) is 2.76. The van der Waals surface area contributed by atoms with E-state index in [0.717, 1.165) is 12.8 Å². The second kappa shape index (κ2) is 4.06. The Bertz CT molecular complexity index is 525. The third kappa shape index (κ3) is 1.63. The number of ether oxygens (including phenoxy) is 2. The second-order valence-electron chi connectivity index (χ2n) is 7.01. The van der Waals surface area contributed by atoms with Crippen LogP contribution in [0.1, 0.15) is 37.3 Å². The van der Waals surface area contributed by atoms with Crippen LogP contribution in [0.2, 0.25) is 0 Å². The van der Waals surface area contributed by atoms with E-state index in [1.165, 1.54) is 11.1 Å². The molecule has 4 rings (SSSR count). The molecular formula is C17H22O3. The van der Waals surface area contributed by atoms with E-state index in [1.807, 2.05) is 13.8 Å². The normalized spacial score (nSPS) is 34.5. The van der Waals surface area contributed by atoms with Crippen molar-refractivity contribution in [2.75, 3.05) is 13.2 Å². The van der Waals surface area contributed by atoms with Crippen LogP contribution in [0.4, 0.5) is 0 Å². The van der Waals surface area contributed by atoms with Crippen molar-refractivity contribution in [2.45, 2.75) is 44.0 Å². The fourth-order valence-electron chi connectivity index (χ4n) is 4.47. The van der Waals surface area contributed by atoms with Gasteiger partial charge in [0, 0.05) is 12.3 Å². The summed E-state index contributed by atoms with van der Waals surface area (Å²) in [6.45, 7) is 5.24. The third-order valence-corrected chi connectivity index (χ3v) is 5.47. The summed E-state index contributed by atoms with van der Waals surface area (Å²) >= 11 is 0. The Morgan fingerprint density at radius 2 is 1.90 bits per heavy atom. The Kier molecular flexibility index (Phi) is 2.60. The number of aliphatic hydroxyl groups is 1. The fourth-order valence-corrected chi connectivity index (χ4v) is 4.47. The molecule has 3 aliphatic rings. The van der Waals surface area contributed by atoms with Crippen LogP contribution in [-0.4, -0.2) is 29.7 Å². The van der Waals surface area contributed by atoms with Crippen LogP contribution >= 0.6 is 0 Å². The predicted molar refractivity (Wildman–Crippen MR) is 75.4 cm³/mol. The molecule has 1 aliphatic heterocycles. The predicted octanol–water partition coefficient (Wildman–Crippen LogP) is 2.48. The zero-order chi connectivity index (χ0) is 14.0. The Hall–Kier alpha value is -0.900. The smallest absolute Gasteiger partial charge is 0.175 e. The lowest BCUT2D eigenvalue weighted by Crippen LogP contribution is -2.59. The molecule has 1 spiro atoms. The van der Waals surface area contributed by atoms with Crippen molar-refractivity contribution in [3.8, 4) is 0 Å². The molecule has 3 atom stereocenters. The molecule has 0 aromatic heterocycles. The zero-order valence-corrected chi connectivity index (χ0v) is 12.1. The number of hydrogen-bond acceptors (Lipinski definition) is 3. The highest BCUT2D eigenvalue weighted by Gasteiger charge is 2.62. The highest BCUT2D eigenvalue weighted by atomic mass is 16.7. The maximum absolute atomic E-state index is 10.5. The molecule has 3 nitrogen and oxygen atoms in total. The van der Waals surface area contributed by atoms with Gasteiger partial charge in [-0.3, -0.25) is 0 Å². The van der Waals surface area contributed by atoms with Gasteiger partial charge in [0.1, 0.15) is 0 Å². The maximum Gasteiger partial charge on any atom is 0.175 e. The third-order valence-electron chi connectivity index (χ3n) is 5.47. The molecule has 20 heavy (non-hydrogen) atoms. The van der Waals surface area contributed by atoms with Crippen LogP contribution in [-0.2, 0) is 15.9 Å². The maximum atomic E-state index is 10.5. The van der Waals surface area contributed by atoms with E-state index in [0.29, 0.717) is 31.0 Å². The van der Waals surface area contributed by atoms with Gasteiger partial charge in [0.2, 0.25) is 0 Å². The lowest BCUT2D eigenvalue weighted by molar-refractivity contribution is -0.247. The summed E-state index contributed by atoms with van der Waals surface area (Å²) in [5.41, 5.74) is 2.07. The van der Waals surface area contributed by atoms with E-state index in [9.17, 15) is 5.11 Å². The molecule has 1 saturated carbocycles. The van der Waals surface area contributed by atoms with Crippen LogP contribution < -0.4 is 0 Å². The van der Waals surface area contributed by atoms with Gasteiger partial charge < -0.3 is 14.6 Å². The summed E-state index contributed by atoms with van der Waals surface area (Å²) in [7, 11) is 0. The molecule has 1 heterocycles. The van der Waals surface area contributed by atoms with E-state index in [2.05, 4.69) is 24.3 Å². The largest absolute Gasteiger partial charge is 0.390 e. The van der Waals surface area contributed by atoms with Crippen LogP contribution in [0, 0.1) is 11.8 Å². The molecule has 108 valence electrons. The minimum Gasteiger partial charge on any atom is -0.390 e. The highest BCUT2D eigenvalue weighted by Crippen LogP contribution is 2.61. The molecule has 1 saturated heterocycles.